The molecule has 1 aromatic rings. The van der Waals surface area contributed by atoms with Gasteiger partial charge in [-0.05, 0) is 68.8 Å². The number of rotatable bonds is 6. The van der Waals surface area contributed by atoms with E-state index in [1.165, 1.54) is 44.3 Å². The highest BCUT2D eigenvalue weighted by Gasteiger charge is 2.33. The lowest BCUT2D eigenvalue weighted by atomic mass is 9.76. The zero-order valence-corrected chi connectivity index (χ0v) is 15.4. The Morgan fingerprint density at radius 2 is 1.96 bits per heavy atom. The van der Waals surface area contributed by atoms with E-state index in [2.05, 4.69) is 23.2 Å². The zero-order valence-electron chi connectivity index (χ0n) is 15.4. The van der Waals surface area contributed by atoms with E-state index in [9.17, 15) is 9.90 Å². The lowest BCUT2D eigenvalue weighted by molar-refractivity contribution is 0.0232. The Balaban J connectivity index is 1.58. The third-order valence-electron chi connectivity index (χ3n) is 5.77. The molecule has 4 heteroatoms. The second-order valence-corrected chi connectivity index (χ2v) is 7.76. The maximum atomic E-state index is 12.7. The van der Waals surface area contributed by atoms with Gasteiger partial charge in [0.15, 0.2) is 0 Å². The average molecular weight is 344 g/mol. The Morgan fingerprint density at radius 1 is 1.24 bits per heavy atom. The molecule has 1 saturated carbocycles. The number of carbonyl (C=O) groups is 1. The van der Waals surface area contributed by atoms with Crippen molar-refractivity contribution < 1.29 is 9.90 Å². The Bertz CT molecular complexity index is 561. The monoisotopic (exact) mass is 344 g/mol. The molecule has 4 nitrogen and oxygen atoms in total. The van der Waals surface area contributed by atoms with Crippen molar-refractivity contribution in [1.29, 1.82) is 0 Å². The highest BCUT2D eigenvalue weighted by atomic mass is 16.3. The minimum atomic E-state index is -0.173. The number of carbonyl (C=O) groups excluding carboxylic acids is 1. The molecule has 1 aliphatic heterocycles. The molecular weight excluding hydrogens is 312 g/mol. The molecule has 2 fully saturated rings. The van der Waals surface area contributed by atoms with Crippen LogP contribution in [-0.4, -0.2) is 41.1 Å². The maximum absolute atomic E-state index is 12.7. The van der Waals surface area contributed by atoms with Crippen molar-refractivity contribution in [2.75, 3.05) is 13.1 Å². The van der Waals surface area contributed by atoms with Gasteiger partial charge in [0.2, 0.25) is 0 Å². The summed E-state index contributed by atoms with van der Waals surface area (Å²) in [6.45, 7) is 5.37. The minimum absolute atomic E-state index is 0.0194. The lowest BCUT2D eigenvalue weighted by Crippen LogP contribution is -2.46. The van der Waals surface area contributed by atoms with Crippen LogP contribution in [0.1, 0.15) is 67.8 Å². The molecule has 1 saturated heterocycles. The lowest BCUT2D eigenvalue weighted by Gasteiger charge is -2.37. The van der Waals surface area contributed by atoms with Crippen LogP contribution in [0.15, 0.2) is 24.3 Å². The molecular formula is C21H32N2O2. The number of likely N-dealkylation sites (tertiary alicyclic amines) is 1. The molecule has 138 valence electrons. The average Bonchev–Trinajstić information content (AvgIpc) is 2.86. The van der Waals surface area contributed by atoms with Gasteiger partial charge in [0.1, 0.15) is 0 Å². The van der Waals surface area contributed by atoms with Crippen molar-refractivity contribution in [3.63, 3.8) is 0 Å². The van der Waals surface area contributed by atoms with Crippen LogP contribution >= 0.6 is 0 Å². The second kappa shape index (κ2) is 8.81. The quantitative estimate of drug-likeness (QED) is 0.832. The third-order valence-corrected chi connectivity index (χ3v) is 5.77. The maximum Gasteiger partial charge on any atom is 0.251 e. The smallest absolute Gasteiger partial charge is 0.251 e. The fourth-order valence-corrected chi connectivity index (χ4v) is 4.13. The molecule has 0 bridgehead atoms. The second-order valence-electron chi connectivity index (χ2n) is 7.76. The number of hydrogen-bond acceptors (Lipinski definition) is 3. The molecule has 25 heavy (non-hydrogen) atoms. The van der Waals surface area contributed by atoms with Gasteiger partial charge in [-0.25, -0.2) is 0 Å². The highest BCUT2D eigenvalue weighted by Crippen LogP contribution is 2.31. The van der Waals surface area contributed by atoms with Gasteiger partial charge >= 0.3 is 0 Å². The summed E-state index contributed by atoms with van der Waals surface area (Å²) >= 11 is 0. The van der Waals surface area contributed by atoms with Gasteiger partial charge in [-0.3, -0.25) is 9.69 Å². The normalized spacial score (nSPS) is 25.7. The summed E-state index contributed by atoms with van der Waals surface area (Å²) in [6.07, 6.45) is 7.61. The number of amides is 1. The molecule has 3 rings (SSSR count). The number of nitrogens with one attached hydrogen (secondary N) is 1. The van der Waals surface area contributed by atoms with E-state index in [1.807, 2.05) is 18.2 Å². The first-order valence-electron chi connectivity index (χ1n) is 9.96. The van der Waals surface area contributed by atoms with Crippen molar-refractivity contribution >= 4 is 5.91 Å². The summed E-state index contributed by atoms with van der Waals surface area (Å²) in [5, 5.41) is 12.7. The number of aliphatic hydroxyl groups is 1. The highest BCUT2D eigenvalue weighted by molar-refractivity contribution is 5.94. The van der Waals surface area contributed by atoms with Gasteiger partial charge in [-0.15, -0.1) is 0 Å². The van der Waals surface area contributed by atoms with Crippen LogP contribution in [0.25, 0.3) is 0 Å². The van der Waals surface area contributed by atoms with E-state index in [4.69, 9.17) is 0 Å². The first-order valence-corrected chi connectivity index (χ1v) is 9.96. The zero-order chi connectivity index (χ0) is 17.6. The van der Waals surface area contributed by atoms with Crippen LogP contribution < -0.4 is 5.32 Å². The fraction of sp³-hybridized carbons (Fsp3) is 0.667. The Hall–Kier alpha value is -1.39. The number of nitrogens with zero attached hydrogens (tertiary/aromatic N) is 1. The van der Waals surface area contributed by atoms with Crippen LogP contribution in [0.5, 0.6) is 0 Å². The largest absolute Gasteiger partial charge is 0.393 e. The molecule has 1 aromatic carbocycles. The van der Waals surface area contributed by atoms with E-state index in [0.717, 1.165) is 31.4 Å². The summed E-state index contributed by atoms with van der Waals surface area (Å²) < 4.78 is 0. The Labute approximate surface area is 151 Å². The molecule has 1 atom stereocenters. The van der Waals surface area contributed by atoms with E-state index in [0.29, 0.717) is 5.92 Å². The van der Waals surface area contributed by atoms with E-state index in [1.54, 1.807) is 0 Å². The fourth-order valence-electron chi connectivity index (χ4n) is 4.13. The van der Waals surface area contributed by atoms with E-state index < -0.39 is 0 Å². The van der Waals surface area contributed by atoms with Crippen LogP contribution in [-0.2, 0) is 6.54 Å². The van der Waals surface area contributed by atoms with Crippen molar-refractivity contribution in [1.82, 2.24) is 10.2 Å². The van der Waals surface area contributed by atoms with Crippen molar-refractivity contribution in [2.24, 2.45) is 5.92 Å². The van der Waals surface area contributed by atoms with Crippen LogP contribution in [0.3, 0.4) is 0 Å². The molecule has 2 aliphatic rings. The molecule has 0 radical (unpaired) electrons. The van der Waals surface area contributed by atoms with Gasteiger partial charge in [0, 0.05) is 18.2 Å². The molecule has 2 N–H and O–H groups in total. The summed E-state index contributed by atoms with van der Waals surface area (Å²) in [7, 11) is 0. The van der Waals surface area contributed by atoms with E-state index in [-0.39, 0.29) is 18.1 Å². The molecule has 0 aromatic heterocycles. The summed E-state index contributed by atoms with van der Waals surface area (Å²) in [6, 6.07) is 8.24. The predicted octanol–water partition coefficient (Wildman–Crippen LogP) is 3.34. The third kappa shape index (κ3) is 5.05. The molecule has 0 spiro atoms. The number of benzene rings is 1. The summed E-state index contributed by atoms with van der Waals surface area (Å²) in [4.78, 5) is 15.2. The van der Waals surface area contributed by atoms with Crippen molar-refractivity contribution in [3.05, 3.63) is 35.4 Å². The molecule has 0 unspecified atom stereocenters. The van der Waals surface area contributed by atoms with Crippen LogP contribution in [0.4, 0.5) is 0 Å². The summed E-state index contributed by atoms with van der Waals surface area (Å²) in [5.74, 6) is 0.440. The van der Waals surface area contributed by atoms with Crippen LogP contribution in [0.2, 0.25) is 0 Å². The van der Waals surface area contributed by atoms with Gasteiger partial charge in [0.05, 0.1) is 6.10 Å². The van der Waals surface area contributed by atoms with Crippen molar-refractivity contribution in [3.8, 4) is 0 Å². The molecule has 1 heterocycles. The predicted molar refractivity (Wildman–Crippen MR) is 100 cm³/mol. The molecule has 1 aliphatic carbocycles. The topological polar surface area (TPSA) is 52.6 Å². The SMILES string of the molecule is CC[C@@H](NC(=O)c1cccc(CN2CCCCCC2)c1)C1CC(O)C1. The van der Waals surface area contributed by atoms with Crippen molar-refractivity contribution in [2.45, 2.75) is 70.6 Å². The Morgan fingerprint density at radius 3 is 2.60 bits per heavy atom. The number of hydrogen-bond donors (Lipinski definition) is 2. The van der Waals surface area contributed by atoms with Gasteiger partial charge in [-0.2, -0.15) is 0 Å². The van der Waals surface area contributed by atoms with Gasteiger partial charge < -0.3 is 10.4 Å². The standard InChI is InChI=1S/C21H32N2O2/c1-2-20(18-13-19(24)14-18)22-21(25)17-9-7-8-16(12-17)15-23-10-5-3-4-6-11-23/h7-9,12,18-20,24H,2-6,10-11,13-15H2,1H3,(H,22,25)/t18?,19?,20-/m1/s1. The first-order chi connectivity index (χ1) is 12.2. The van der Waals surface area contributed by atoms with Gasteiger partial charge in [0.25, 0.3) is 5.91 Å². The van der Waals surface area contributed by atoms with Gasteiger partial charge in [-0.1, -0.05) is 31.9 Å². The molecule has 1 amide bonds. The number of aliphatic hydroxyl groups excluding tert-OH is 1. The Kier molecular flexibility index (Phi) is 6.49. The summed E-state index contributed by atoms with van der Waals surface area (Å²) in [5.41, 5.74) is 1.98. The van der Waals surface area contributed by atoms with E-state index >= 15 is 0 Å². The van der Waals surface area contributed by atoms with Crippen LogP contribution in [0, 0.1) is 5.92 Å². The minimum Gasteiger partial charge on any atom is -0.393 e. The first kappa shape index (κ1) is 18.4.